The first-order chi connectivity index (χ1) is 19.2. The summed E-state index contributed by atoms with van der Waals surface area (Å²) in [5, 5.41) is 6.91. The molecule has 7 rings (SSSR count). The van der Waals surface area contributed by atoms with Crippen molar-refractivity contribution in [2.75, 3.05) is 14.2 Å². The fraction of sp³-hybridized carbons (Fsp3) is 0.129. The lowest BCUT2D eigenvalue weighted by Crippen LogP contribution is -2.15. The van der Waals surface area contributed by atoms with Crippen LogP contribution in [0.25, 0.3) is 16.4 Å². The second-order valence-corrected chi connectivity index (χ2v) is 9.23. The molecule has 0 bridgehead atoms. The van der Waals surface area contributed by atoms with Crippen LogP contribution in [0.2, 0.25) is 0 Å². The van der Waals surface area contributed by atoms with Crippen molar-refractivity contribution in [1.82, 2.24) is 19.6 Å². The van der Waals surface area contributed by atoms with Crippen molar-refractivity contribution >= 4 is 16.4 Å². The average Bonchev–Trinajstić information content (AvgIpc) is 3.42. The molecule has 1 atom stereocenters. The summed E-state index contributed by atoms with van der Waals surface area (Å²) in [6.07, 6.45) is 1.63. The molecule has 0 saturated carbocycles. The molecular formula is C31H24N4O4. The molecule has 0 fully saturated rings. The Hall–Kier alpha value is -5.11. The highest BCUT2D eigenvalue weighted by Crippen LogP contribution is 2.50. The zero-order valence-corrected chi connectivity index (χ0v) is 21.4. The minimum atomic E-state index is -0.184. The summed E-state index contributed by atoms with van der Waals surface area (Å²) in [5.74, 6) is 3.91. The first kappa shape index (κ1) is 23.0. The van der Waals surface area contributed by atoms with Crippen LogP contribution in [0.15, 0.2) is 91.3 Å². The number of hydrogen-bond acceptors (Lipinski definition) is 7. The summed E-state index contributed by atoms with van der Waals surface area (Å²) < 4.78 is 24.7. The SMILES string of the molecule is COc1ccc(OCc2nc3c4c(ncn3n2)Oc2ccc3ccccc3c2C4c2ccc(OC)cc2)cc1. The van der Waals surface area contributed by atoms with E-state index in [-0.39, 0.29) is 12.5 Å². The van der Waals surface area contributed by atoms with Crippen LogP contribution in [0.4, 0.5) is 0 Å². The summed E-state index contributed by atoms with van der Waals surface area (Å²) in [6, 6.07) is 27.9. The Balaban J connectivity index is 1.36. The van der Waals surface area contributed by atoms with Gasteiger partial charge in [-0.3, -0.25) is 0 Å². The van der Waals surface area contributed by atoms with Gasteiger partial charge in [-0.1, -0.05) is 42.5 Å². The fourth-order valence-corrected chi connectivity index (χ4v) is 5.16. The average molecular weight is 517 g/mol. The molecule has 39 heavy (non-hydrogen) atoms. The number of aromatic nitrogens is 4. The van der Waals surface area contributed by atoms with Crippen LogP contribution in [0.5, 0.6) is 28.9 Å². The quantitative estimate of drug-likeness (QED) is 0.262. The molecule has 0 N–H and O–H groups in total. The zero-order chi connectivity index (χ0) is 26.3. The molecule has 0 spiro atoms. The van der Waals surface area contributed by atoms with Crippen LogP contribution in [0.1, 0.15) is 28.4 Å². The topological polar surface area (TPSA) is 80.0 Å². The second kappa shape index (κ2) is 9.33. The van der Waals surface area contributed by atoms with Gasteiger partial charge in [0.1, 0.15) is 35.9 Å². The van der Waals surface area contributed by atoms with Gasteiger partial charge in [0.2, 0.25) is 5.88 Å². The Labute approximate surface area is 224 Å². The minimum Gasteiger partial charge on any atom is -0.497 e. The van der Waals surface area contributed by atoms with Gasteiger partial charge in [0.05, 0.1) is 19.8 Å². The van der Waals surface area contributed by atoms with Crippen molar-refractivity contribution in [2.24, 2.45) is 0 Å². The van der Waals surface area contributed by atoms with Crippen molar-refractivity contribution < 1.29 is 18.9 Å². The third-order valence-corrected chi connectivity index (χ3v) is 7.02. The lowest BCUT2D eigenvalue weighted by molar-refractivity contribution is 0.295. The third-order valence-electron chi connectivity index (χ3n) is 7.02. The fourth-order valence-electron chi connectivity index (χ4n) is 5.16. The summed E-state index contributed by atoms with van der Waals surface area (Å²) in [7, 11) is 3.30. The van der Waals surface area contributed by atoms with Crippen LogP contribution in [-0.2, 0) is 6.61 Å². The molecule has 8 nitrogen and oxygen atoms in total. The van der Waals surface area contributed by atoms with E-state index in [9.17, 15) is 0 Å². The highest BCUT2D eigenvalue weighted by Gasteiger charge is 2.34. The van der Waals surface area contributed by atoms with Crippen LogP contribution < -0.4 is 18.9 Å². The molecule has 8 heteroatoms. The number of hydrogen-bond donors (Lipinski definition) is 0. The standard InChI is InChI=1S/C31H24N4O4/c1-36-21-10-7-20(8-11-21)27-28-24-6-4-3-5-19(24)9-16-25(28)39-31-29(27)30-33-26(34-35(30)18-32-31)17-38-23-14-12-22(37-2)13-15-23/h3-16,18,27H,17H2,1-2H3. The van der Waals surface area contributed by atoms with E-state index in [1.54, 1.807) is 25.1 Å². The van der Waals surface area contributed by atoms with E-state index in [0.717, 1.165) is 44.7 Å². The van der Waals surface area contributed by atoms with Crippen LogP contribution in [0.3, 0.4) is 0 Å². The third kappa shape index (κ3) is 3.97. The van der Waals surface area contributed by atoms with Gasteiger partial charge in [-0.25, -0.2) is 14.5 Å². The Morgan fingerprint density at radius 2 is 1.51 bits per heavy atom. The number of ether oxygens (including phenoxy) is 4. The number of methoxy groups -OCH3 is 2. The van der Waals surface area contributed by atoms with E-state index in [1.165, 1.54) is 0 Å². The summed E-state index contributed by atoms with van der Waals surface area (Å²) in [5.41, 5.74) is 3.68. The van der Waals surface area contributed by atoms with Crippen LogP contribution >= 0.6 is 0 Å². The number of benzene rings is 4. The van der Waals surface area contributed by atoms with Crippen molar-refractivity contribution in [1.29, 1.82) is 0 Å². The van der Waals surface area contributed by atoms with Gasteiger partial charge in [-0.2, -0.15) is 0 Å². The van der Waals surface area contributed by atoms with Gasteiger partial charge in [-0.05, 0) is 58.8 Å². The van der Waals surface area contributed by atoms with E-state index in [2.05, 4.69) is 40.4 Å². The zero-order valence-electron chi connectivity index (χ0n) is 21.4. The molecule has 0 aliphatic carbocycles. The van der Waals surface area contributed by atoms with Crippen molar-refractivity contribution in [3.05, 3.63) is 114 Å². The smallest absolute Gasteiger partial charge is 0.228 e. The Bertz CT molecular complexity index is 1810. The van der Waals surface area contributed by atoms with Gasteiger partial charge in [0.15, 0.2) is 11.5 Å². The van der Waals surface area contributed by atoms with Gasteiger partial charge in [-0.15, -0.1) is 5.10 Å². The maximum atomic E-state index is 6.39. The first-order valence-corrected chi connectivity index (χ1v) is 12.6. The van der Waals surface area contributed by atoms with Gasteiger partial charge >= 0.3 is 0 Å². The van der Waals surface area contributed by atoms with E-state index in [4.69, 9.17) is 23.9 Å². The second-order valence-electron chi connectivity index (χ2n) is 9.23. The van der Waals surface area contributed by atoms with E-state index in [0.29, 0.717) is 23.1 Å². The molecular weight excluding hydrogens is 492 g/mol. The monoisotopic (exact) mass is 516 g/mol. The molecule has 0 radical (unpaired) electrons. The predicted molar refractivity (Wildman–Crippen MR) is 146 cm³/mol. The van der Waals surface area contributed by atoms with E-state index < -0.39 is 0 Å². The molecule has 6 aromatic rings. The Kier molecular flexibility index (Phi) is 5.51. The van der Waals surface area contributed by atoms with E-state index in [1.807, 2.05) is 54.6 Å². The highest BCUT2D eigenvalue weighted by atomic mass is 16.5. The van der Waals surface area contributed by atoms with Gasteiger partial charge < -0.3 is 18.9 Å². The molecule has 2 aromatic heterocycles. The lowest BCUT2D eigenvalue weighted by atomic mass is 9.81. The van der Waals surface area contributed by atoms with Crippen LogP contribution in [0, 0.1) is 0 Å². The molecule has 0 saturated heterocycles. The molecule has 4 aromatic carbocycles. The minimum absolute atomic E-state index is 0.184. The Morgan fingerprint density at radius 3 is 2.28 bits per heavy atom. The maximum Gasteiger partial charge on any atom is 0.228 e. The largest absolute Gasteiger partial charge is 0.497 e. The molecule has 1 aliphatic rings. The number of nitrogens with zero attached hydrogens (tertiary/aromatic N) is 4. The molecule has 3 heterocycles. The maximum absolute atomic E-state index is 6.39. The van der Waals surface area contributed by atoms with Gasteiger partial charge in [0, 0.05) is 11.5 Å². The predicted octanol–water partition coefficient (Wildman–Crippen LogP) is 6.16. The Morgan fingerprint density at radius 1 is 0.795 bits per heavy atom. The normalized spacial score (nSPS) is 13.9. The summed E-state index contributed by atoms with van der Waals surface area (Å²) >= 11 is 0. The summed E-state index contributed by atoms with van der Waals surface area (Å²) in [6.45, 7) is 0.205. The number of fused-ring (bicyclic) bond motifs is 6. The van der Waals surface area contributed by atoms with Crippen molar-refractivity contribution in [2.45, 2.75) is 12.5 Å². The lowest BCUT2D eigenvalue weighted by Gasteiger charge is -2.29. The van der Waals surface area contributed by atoms with Crippen molar-refractivity contribution in [3.63, 3.8) is 0 Å². The van der Waals surface area contributed by atoms with E-state index >= 15 is 0 Å². The number of rotatable bonds is 6. The molecule has 192 valence electrons. The highest BCUT2D eigenvalue weighted by molar-refractivity contribution is 5.90. The van der Waals surface area contributed by atoms with Crippen molar-refractivity contribution in [3.8, 4) is 28.9 Å². The molecule has 1 aliphatic heterocycles. The summed E-state index contributed by atoms with van der Waals surface area (Å²) in [4.78, 5) is 9.54. The molecule has 0 amide bonds. The molecule has 1 unspecified atom stereocenters. The van der Waals surface area contributed by atoms with Crippen LogP contribution in [-0.4, -0.2) is 33.8 Å². The first-order valence-electron chi connectivity index (χ1n) is 12.6. The van der Waals surface area contributed by atoms with Gasteiger partial charge in [0.25, 0.3) is 0 Å².